The first-order valence-corrected chi connectivity index (χ1v) is 8.60. The van der Waals surface area contributed by atoms with Gasteiger partial charge >= 0.3 is 0 Å². The van der Waals surface area contributed by atoms with Gasteiger partial charge in [0.05, 0.1) is 34.5 Å². The van der Waals surface area contributed by atoms with Crippen molar-refractivity contribution >= 4 is 44.1 Å². The van der Waals surface area contributed by atoms with E-state index >= 15 is 0 Å². The molecule has 130 valence electrons. The predicted molar refractivity (Wildman–Crippen MR) is 104 cm³/mol. The van der Waals surface area contributed by atoms with Crippen LogP contribution in [0.25, 0.3) is 55.5 Å². The molecule has 0 radical (unpaired) electrons. The zero-order chi connectivity index (χ0) is 18.5. The summed E-state index contributed by atoms with van der Waals surface area (Å²) >= 11 is 0. The van der Waals surface area contributed by atoms with Crippen LogP contribution in [0.15, 0.2) is 61.4 Å². The van der Waals surface area contributed by atoms with E-state index in [1.807, 2.05) is 24.3 Å². The van der Waals surface area contributed by atoms with Gasteiger partial charge < -0.3 is 0 Å². The van der Waals surface area contributed by atoms with Gasteiger partial charge in [-0.15, -0.1) is 0 Å². The smallest absolute Gasteiger partial charge is 0.117 e. The summed E-state index contributed by atoms with van der Waals surface area (Å²) in [6.07, 6.45) is 10.0. The summed E-state index contributed by atoms with van der Waals surface area (Å²) in [5, 5.41) is 0. The Morgan fingerprint density at radius 2 is 0.786 bits per heavy atom. The molecule has 0 N–H and O–H groups in total. The molecule has 0 aliphatic heterocycles. The summed E-state index contributed by atoms with van der Waals surface area (Å²) in [7, 11) is 0. The fourth-order valence-electron chi connectivity index (χ4n) is 3.26. The average molecular weight is 362 g/mol. The molecule has 0 atom stereocenters. The second kappa shape index (κ2) is 5.65. The van der Waals surface area contributed by atoms with Gasteiger partial charge in [-0.1, -0.05) is 0 Å². The van der Waals surface area contributed by atoms with Crippen LogP contribution in [-0.2, 0) is 0 Å². The Morgan fingerprint density at radius 1 is 0.393 bits per heavy atom. The maximum absolute atomic E-state index is 4.76. The number of hydrogen-bond donors (Lipinski definition) is 0. The Morgan fingerprint density at radius 3 is 1.25 bits per heavy atom. The minimum atomic E-state index is 0.612. The van der Waals surface area contributed by atoms with Crippen molar-refractivity contribution < 1.29 is 0 Å². The van der Waals surface area contributed by atoms with E-state index in [9.17, 15) is 0 Å². The van der Waals surface area contributed by atoms with E-state index in [0.717, 1.165) is 22.1 Å². The molecule has 0 aliphatic carbocycles. The van der Waals surface area contributed by atoms with Crippen LogP contribution in [0.3, 0.4) is 0 Å². The number of rotatable bonds is 1. The molecule has 0 saturated carbocycles. The molecule has 0 saturated heterocycles. The minimum absolute atomic E-state index is 0.612. The fourth-order valence-corrected chi connectivity index (χ4v) is 3.26. The summed E-state index contributed by atoms with van der Waals surface area (Å²) in [5.74, 6) is 0. The molecule has 0 bridgehead atoms. The van der Waals surface area contributed by atoms with Gasteiger partial charge in [0, 0.05) is 24.8 Å². The van der Waals surface area contributed by atoms with Crippen molar-refractivity contribution in [3.8, 4) is 11.4 Å². The monoisotopic (exact) mass is 362 g/mol. The number of aromatic nitrogens is 8. The molecular formula is C20H10N8. The topological polar surface area (TPSA) is 103 Å². The van der Waals surface area contributed by atoms with Crippen LogP contribution in [0.2, 0.25) is 0 Å². The molecule has 0 fully saturated rings. The van der Waals surface area contributed by atoms with E-state index in [1.165, 1.54) is 0 Å². The Kier molecular flexibility index (Phi) is 3.01. The summed E-state index contributed by atoms with van der Waals surface area (Å²) in [4.78, 5) is 36.1. The third-order valence-corrected chi connectivity index (χ3v) is 4.56. The molecule has 6 rings (SSSR count). The predicted octanol–water partition coefficient (Wildman–Crippen LogP) is 3.13. The third kappa shape index (κ3) is 2.18. The van der Waals surface area contributed by atoms with Crippen molar-refractivity contribution in [3.05, 3.63) is 61.4 Å². The number of hydrogen-bond acceptors (Lipinski definition) is 8. The quantitative estimate of drug-likeness (QED) is 0.411. The van der Waals surface area contributed by atoms with Crippen molar-refractivity contribution in [1.82, 2.24) is 39.9 Å². The highest BCUT2D eigenvalue weighted by Gasteiger charge is 2.11. The van der Waals surface area contributed by atoms with Gasteiger partial charge in [0.25, 0.3) is 0 Å². The van der Waals surface area contributed by atoms with Gasteiger partial charge in [0.15, 0.2) is 0 Å². The van der Waals surface area contributed by atoms with Crippen molar-refractivity contribution in [2.75, 3.05) is 0 Å². The summed E-state index contributed by atoms with van der Waals surface area (Å²) in [5.41, 5.74) is 7.05. The molecule has 0 unspecified atom stereocenters. The van der Waals surface area contributed by atoms with Gasteiger partial charge in [0.2, 0.25) is 0 Å². The second-order valence-corrected chi connectivity index (χ2v) is 6.23. The van der Waals surface area contributed by atoms with Crippen LogP contribution in [-0.4, -0.2) is 39.9 Å². The normalized spacial score (nSPS) is 11.6. The summed E-state index contributed by atoms with van der Waals surface area (Å²) < 4.78 is 0. The molecular weight excluding hydrogens is 352 g/mol. The Hall–Kier alpha value is -4.20. The molecule has 28 heavy (non-hydrogen) atoms. The van der Waals surface area contributed by atoms with E-state index in [1.54, 1.807) is 37.2 Å². The largest absolute Gasteiger partial charge is 0.253 e. The lowest BCUT2D eigenvalue weighted by Crippen LogP contribution is -1.96. The molecule has 0 amide bonds. The molecule has 2 aromatic carbocycles. The van der Waals surface area contributed by atoms with Crippen LogP contribution in [0.5, 0.6) is 0 Å². The summed E-state index contributed by atoms with van der Waals surface area (Å²) in [6, 6.07) is 7.55. The van der Waals surface area contributed by atoms with Crippen LogP contribution < -0.4 is 0 Å². The van der Waals surface area contributed by atoms with Crippen molar-refractivity contribution in [2.24, 2.45) is 0 Å². The average Bonchev–Trinajstić information content (AvgIpc) is 2.78. The zero-order valence-electron chi connectivity index (χ0n) is 14.4. The highest BCUT2D eigenvalue weighted by atomic mass is 14.9. The van der Waals surface area contributed by atoms with Gasteiger partial charge in [-0.25, -0.2) is 9.97 Å². The van der Waals surface area contributed by atoms with Gasteiger partial charge in [-0.05, 0) is 24.3 Å². The Balaban J connectivity index is 1.63. The van der Waals surface area contributed by atoms with E-state index in [-0.39, 0.29) is 0 Å². The third-order valence-electron chi connectivity index (χ3n) is 4.56. The lowest BCUT2D eigenvalue weighted by Gasteiger charge is -2.06. The SMILES string of the molecule is c1cnc2c(ccc3ncc(-c4cnc5ccc6nccnc6c5n4)nc32)n1. The van der Waals surface area contributed by atoms with E-state index in [4.69, 9.17) is 9.97 Å². The molecule has 4 aromatic heterocycles. The molecule has 6 aromatic rings. The van der Waals surface area contributed by atoms with Crippen LogP contribution in [0.1, 0.15) is 0 Å². The van der Waals surface area contributed by atoms with Crippen LogP contribution >= 0.6 is 0 Å². The first kappa shape index (κ1) is 14.9. The fraction of sp³-hybridized carbons (Fsp3) is 0. The van der Waals surface area contributed by atoms with Gasteiger partial charge in [0.1, 0.15) is 33.5 Å². The Bertz CT molecular complexity index is 1410. The standard InChI is InChI=1S/C20H10N8/c1-3-13-19(17-11(1)21-5-7-23-17)27-15(9-25-13)16-10-26-14-4-2-12-18(20(14)28-16)24-8-6-22-12/h1-10H. The minimum Gasteiger partial charge on any atom is -0.253 e. The maximum atomic E-state index is 4.76. The molecule has 8 heteroatoms. The first-order chi connectivity index (χ1) is 13.9. The van der Waals surface area contributed by atoms with Crippen molar-refractivity contribution in [1.29, 1.82) is 0 Å². The lowest BCUT2D eigenvalue weighted by molar-refractivity contribution is 1.21. The summed E-state index contributed by atoms with van der Waals surface area (Å²) in [6.45, 7) is 0. The zero-order valence-corrected chi connectivity index (χ0v) is 14.4. The highest BCUT2D eigenvalue weighted by Crippen LogP contribution is 2.25. The molecule has 0 aliphatic rings. The van der Waals surface area contributed by atoms with E-state index < -0.39 is 0 Å². The first-order valence-electron chi connectivity index (χ1n) is 8.60. The van der Waals surface area contributed by atoms with E-state index in [2.05, 4.69) is 29.9 Å². The van der Waals surface area contributed by atoms with Crippen molar-refractivity contribution in [3.63, 3.8) is 0 Å². The molecule has 8 nitrogen and oxygen atoms in total. The van der Waals surface area contributed by atoms with Gasteiger partial charge in [-0.3, -0.25) is 29.9 Å². The van der Waals surface area contributed by atoms with Crippen LogP contribution in [0, 0.1) is 0 Å². The number of benzene rings is 2. The van der Waals surface area contributed by atoms with Crippen molar-refractivity contribution in [2.45, 2.75) is 0 Å². The van der Waals surface area contributed by atoms with Crippen LogP contribution in [0.4, 0.5) is 0 Å². The maximum Gasteiger partial charge on any atom is 0.117 e. The number of nitrogens with zero attached hydrogens (tertiary/aromatic N) is 8. The van der Waals surface area contributed by atoms with E-state index in [0.29, 0.717) is 33.5 Å². The lowest BCUT2D eigenvalue weighted by atomic mass is 10.2. The molecule has 0 spiro atoms. The highest BCUT2D eigenvalue weighted by molar-refractivity contribution is 6.01. The number of fused-ring (bicyclic) bond motifs is 6. The molecule has 4 heterocycles. The van der Waals surface area contributed by atoms with Gasteiger partial charge in [-0.2, -0.15) is 0 Å². The second-order valence-electron chi connectivity index (χ2n) is 6.23. The Labute approximate surface area is 157 Å².